The molecule has 0 aliphatic heterocycles. The van der Waals surface area contributed by atoms with Crippen LogP contribution in [-0.4, -0.2) is 4.45 Å². The number of rotatable bonds is 3. The lowest BCUT2D eigenvalue weighted by Crippen LogP contribution is -1.82. The van der Waals surface area contributed by atoms with Gasteiger partial charge in [0.1, 0.15) is 5.76 Å². The Morgan fingerprint density at radius 1 is 1.20 bits per heavy atom. The number of carbonyl (C=O) groups is 1. The fourth-order valence-electron chi connectivity index (χ4n) is 0.958. The Kier molecular flexibility index (Phi) is 3.58. The maximum Gasteiger partial charge on any atom is 0.254 e. The Balaban J connectivity index is 1.78. The average molecular weight is 240 g/mol. The van der Waals surface area contributed by atoms with E-state index in [0.717, 1.165) is 17.5 Å². The van der Waals surface area contributed by atoms with E-state index in [1.165, 1.54) is 11.8 Å². The third kappa shape index (κ3) is 3.21. The minimum atomic E-state index is 0.00125. The molecule has 2 heterocycles. The van der Waals surface area contributed by atoms with E-state index < -0.39 is 0 Å². The maximum atomic E-state index is 11.4. The van der Waals surface area contributed by atoms with Crippen molar-refractivity contribution in [2.45, 2.75) is 10.8 Å². The van der Waals surface area contributed by atoms with Gasteiger partial charge >= 0.3 is 0 Å². The molecule has 0 N–H and O–H groups in total. The minimum absolute atomic E-state index is 0.00125. The molecular formula is C10H8O3S2. The topological polar surface area (TPSA) is 43.4 Å². The number of hydrogen-bond donors (Lipinski definition) is 0. The highest BCUT2D eigenvalue weighted by Gasteiger charge is 2.08. The summed E-state index contributed by atoms with van der Waals surface area (Å²) in [5, 5.41) is 0.618. The quantitative estimate of drug-likeness (QED) is 0.758. The molecular weight excluding hydrogens is 232 g/mol. The highest BCUT2D eigenvalue weighted by molar-refractivity contribution is 8.38. The summed E-state index contributed by atoms with van der Waals surface area (Å²) in [6.45, 7) is 0. The van der Waals surface area contributed by atoms with Gasteiger partial charge in [-0.1, -0.05) is 11.8 Å². The van der Waals surface area contributed by atoms with E-state index in [0.29, 0.717) is 10.8 Å². The smallest absolute Gasteiger partial charge is 0.254 e. The second-order valence-corrected chi connectivity index (χ2v) is 4.84. The Bertz CT molecular complexity index is 406. The first-order valence-corrected chi connectivity index (χ1v) is 6.05. The van der Waals surface area contributed by atoms with Gasteiger partial charge in [0, 0.05) is 0 Å². The largest absolute Gasteiger partial charge is 0.468 e. The van der Waals surface area contributed by atoms with Crippen LogP contribution in [0.5, 0.6) is 0 Å². The molecule has 0 aliphatic rings. The van der Waals surface area contributed by atoms with Crippen LogP contribution in [0.2, 0.25) is 0 Å². The second-order valence-electron chi connectivity index (χ2n) is 2.65. The molecule has 15 heavy (non-hydrogen) atoms. The lowest BCUT2D eigenvalue weighted by Gasteiger charge is -1.95. The zero-order chi connectivity index (χ0) is 10.5. The average Bonchev–Trinajstić information content (AvgIpc) is 2.86. The summed E-state index contributed by atoms with van der Waals surface area (Å²) in [4.78, 5) is 11.4. The lowest BCUT2D eigenvalue weighted by atomic mass is 10.5. The van der Waals surface area contributed by atoms with Crippen LogP contribution >= 0.6 is 23.5 Å². The van der Waals surface area contributed by atoms with E-state index in [9.17, 15) is 4.79 Å². The molecule has 0 atom stereocenters. The molecule has 0 aromatic carbocycles. The Morgan fingerprint density at radius 2 is 2.00 bits per heavy atom. The van der Waals surface area contributed by atoms with Crippen LogP contribution < -0.4 is 0 Å². The summed E-state index contributed by atoms with van der Waals surface area (Å²) in [7, 11) is 0. The van der Waals surface area contributed by atoms with Crippen molar-refractivity contribution in [3.63, 3.8) is 0 Å². The van der Waals surface area contributed by atoms with Crippen molar-refractivity contribution >= 4 is 28.0 Å². The van der Waals surface area contributed by atoms with E-state index in [2.05, 4.69) is 0 Å². The van der Waals surface area contributed by atoms with Crippen molar-refractivity contribution < 1.29 is 13.6 Å². The van der Waals surface area contributed by atoms with Gasteiger partial charge in [-0.3, -0.25) is 4.79 Å². The predicted octanol–water partition coefficient (Wildman–Crippen LogP) is 4.02. The van der Waals surface area contributed by atoms with E-state index in [-0.39, 0.29) is 4.45 Å². The normalized spacial score (nSPS) is 10.4. The molecule has 0 aliphatic carbocycles. The maximum absolute atomic E-state index is 11.4. The van der Waals surface area contributed by atoms with Crippen LogP contribution in [0.3, 0.4) is 0 Å². The van der Waals surface area contributed by atoms with Gasteiger partial charge in [-0.05, 0) is 36.0 Å². The second kappa shape index (κ2) is 5.14. The van der Waals surface area contributed by atoms with Crippen molar-refractivity contribution in [1.82, 2.24) is 0 Å². The SMILES string of the molecule is O=C(SCc1ccco1)Sc1ccco1. The van der Waals surface area contributed by atoms with Crippen LogP contribution in [0.15, 0.2) is 50.7 Å². The fourth-order valence-corrected chi connectivity index (χ4v) is 2.46. The van der Waals surface area contributed by atoms with Gasteiger partial charge < -0.3 is 8.83 Å². The number of carbonyl (C=O) groups excluding carboxylic acids is 1. The standard InChI is InChI=1S/C10H8O3S2/c11-10(15-9-4-2-6-13-9)14-7-8-3-1-5-12-8/h1-6H,7H2. The van der Waals surface area contributed by atoms with E-state index in [1.807, 2.05) is 6.07 Å². The van der Waals surface area contributed by atoms with Crippen LogP contribution in [0.1, 0.15) is 5.76 Å². The van der Waals surface area contributed by atoms with Crippen LogP contribution in [-0.2, 0) is 5.75 Å². The summed E-state index contributed by atoms with van der Waals surface area (Å²) in [5.74, 6) is 1.35. The molecule has 0 amide bonds. The molecule has 5 heteroatoms. The molecule has 0 spiro atoms. The van der Waals surface area contributed by atoms with Crippen molar-refractivity contribution in [2.75, 3.05) is 0 Å². The zero-order valence-electron chi connectivity index (χ0n) is 7.71. The Morgan fingerprint density at radius 3 is 2.67 bits per heavy atom. The third-order valence-corrected chi connectivity index (χ3v) is 3.46. The molecule has 0 saturated heterocycles. The molecule has 2 rings (SSSR count). The Hall–Kier alpha value is -1.07. The summed E-state index contributed by atoms with van der Waals surface area (Å²) in [6.07, 6.45) is 3.15. The molecule has 78 valence electrons. The van der Waals surface area contributed by atoms with Gasteiger partial charge in [0.05, 0.1) is 18.3 Å². The van der Waals surface area contributed by atoms with Gasteiger partial charge in [0.15, 0.2) is 5.09 Å². The summed E-state index contributed by atoms with van der Waals surface area (Å²) < 4.78 is 10.2. The summed E-state index contributed by atoms with van der Waals surface area (Å²) in [6, 6.07) is 7.17. The lowest BCUT2D eigenvalue weighted by molar-refractivity contribution is 0.276. The van der Waals surface area contributed by atoms with E-state index >= 15 is 0 Å². The van der Waals surface area contributed by atoms with Crippen LogP contribution in [0.25, 0.3) is 0 Å². The molecule has 0 saturated carbocycles. The van der Waals surface area contributed by atoms with Crippen molar-refractivity contribution in [3.05, 3.63) is 42.6 Å². The molecule has 0 fully saturated rings. The molecule has 2 aromatic heterocycles. The molecule has 0 bridgehead atoms. The summed E-state index contributed by atoms with van der Waals surface area (Å²) >= 11 is 2.29. The third-order valence-electron chi connectivity index (χ3n) is 1.59. The van der Waals surface area contributed by atoms with Crippen molar-refractivity contribution in [2.24, 2.45) is 0 Å². The highest BCUT2D eigenvalue weighted by atomic mass is 32.2. The van der Waals surface area contributed by atoms with Gasteiger partial charge in [-0.15, -0.1) is 0 Å². The van der Waals surface area contributed by atoms with Crippen molar-refractivity contribution in [1.29, 1.82) is 0 Å². The predicted molar refractivity (Wildman–Crippen MR) is 60.0 cm³/mol. The number of furan rings is 2. The molecule has 0 radical (unpaired) electrons. The van der Waals surface area contributed by atoms with Gasteiger partial charge in [-0.25, -0.2) is 0 Å². The molecule has 2 aromatic rings. The van der Waals surface area contributed by atoms with E-state index in [4.69, 9.17) is 8.83 Å². The monoisotopic (exact) mass is 240 g/mol. The van der Waals surface area contributed by atoms with Crippen LogP contribution in [0.4, 0.5) is 4.79 Å². The Labute approximate surface area is 95.2 Å². The number of hydrogen-bond acceptors (Lipinski definition) is 5. The number of thioether (sulfide) groups is 2. The van der Waals surface area contributed by atoms with Crippen LogP contribution in [0, 0.1) is 0 Å². The van der Waals surface area contributed by atoms with Crippen molar-refractivity contribution in [3.8, 4) is 0 Å². The first kappa shape index (κ1) is 10.4. The van der Waals surface area contributed by atoms with Gasteiger partial charge in [0.2, 0.25) is 0 Å². The fraction of sp³-hybridized carbons (Fsp3) is 0.100. The van der Waals surface area contributed by atoms with Gasteiger partial charge in [-0.2, -0.15) is 0 Å². The highest BCUT2D eigenvalue weighted by Crippen LogP contribution is 2.27. The zero-order valence-corrected chi connectivity index (χ0v) is 9.35. The molecule has 3 nitrogen and oxygen atoms in total. The molecule has 0 unspecified atom stereocenters. The minimum Gasteiger partial charge on any atom is -0.468 e. The first-order chi connectivity index (χ1) is 7.34. The first-order valence-electron chi connectivity index (χ1n) is 4.25. The van der Waals surface area contributed by atoms with Gasteiger partial charge in [0.25, 0.3) is 4.45 Å². The summed E-state index contributed by atoms with van der Waals surface area (Å²) in [5.41, 5.74) is 0. The van der Waals surface area contributed by atoms with E-state index in [1.54, 1.807) is 30.7 Å².